The molecule has 0 aromatic heterocycles. The van der Waals surface area contributed by atoms with E-state index in [1.165, 1.54) is 4.90 Å². The number of rotatable bonds is 3. The maximum atomic E-state index is 12.7. The smallest absolute Gasteiger partial charge is 0.327 e. The molecule has 6 heteroatoms. The van der Waals surface area contributed by atoms with Gasteiger partial charge < -0.3 is 10.0 Å². The monoisotopic (exact) mass is 405 g/mol. The van der Waals surface area contributed by atoms with Crippen molar-refractivity contribution >= 4 is 46.2 Å². The van der Waals surface area contributed by atoms with Crippen molar-refractivity contribution < 1.29 is 14.7 Å². The number of amides is 1. The van der Waals surface area contributed by atoms with Gasteiger partial charge in [-0.3, -0.25) is 4.79 Å². The molecule has 4 nitrogen and oxygen atoms in total. The first-order chi connectivity index (χ1) is 9.43. The fourth-order valence-electron chi connectivity index (χ4n) is 2.26. The third-order valence-electron chi connectivity index (χ3n) is 3.23. The van der Waals surface area contributed by atoms with Crippen molar-refractivity contribution in [3.05, 3.63) is 33.4 Å². The Kier molecular flexibility index (Phi) is 4.95. The average Bonchev–Trinajstić information content (AvgIpc) is 2.83. The highest BCUT2D eigenvalue weighted by molar-refractivity contribution is 14.1. The quantitative estimate of drug-likeness (QED) is 0.786. The third-order valence-corrected chi connectivity index (χ3v) is 5.79. The van der Waals surface area contributed by atoms with Crippen molar-refractivity contribution in [2.45, 2.75) is 25.3 Å². The summed E-state index contributed by atoms with van der Waals surface area (Å²) < 4.78 is 0.846. The molecule has 108 valence electrons. The second-order valence-electron chi connectivity index (χ2n) is 5.01. The number of carbonyl (C=O) groups is 2. The largest absolute Gasteiger partial charge is 0.480 e. The first-order valence-corrected chi connectivity index (χ1v) is 8.48. The summed E-state index contributed by atoms with van der Waals surface area (Å²) in [4.78, 5) is 25.7. The molecule has 1 aliphatic heterocycles. The number of carboxylic acid groups (broad SMARTS) is 1. The predicted molar refractivity (Wildman–Crippen MR) is 87.8 cm³/mol. The van der Waals surface area contributed by atoms with E-state index in [9.17, 15) is 14.7 Å². The molecule has 2 rings (SSSR count). The lowest BCUT2D eigenvalue weighted by Crippen LogP contribution is -2.47. The molecule has 0 radical (unpaired) electrons. The van der Waals surface area contributed by atoms with E-state index in [1.807, 2.05) is 26.0 Å². The number of aliphatic carboxylic acids is 1. The number of benzene rings is 1. The van der Waals surface area contributed by atoms with Crippen molar-refractivity contribution in [3.63, 3.8) is 0 Å². The van der Waals surface area contributed by atoms with Crippen LogP contribution in [0.3, 0.4) is 0 Å². The van der Waals surface area contributed by atoms with Gasteiger partial charge in [0.15, 0.2) is 0 Å². The highest BCUT2D eigenvalue weighted by atomic mass is 127. The van der Waals surface area contributed by atoms with Crippen LogP contribution in [0, 0.1) is 9.49 Å². The molecule has 1 amide bonds. The minimum absolute atomic E-state index is 0.0837. The molecule has 1 fully saturated rings. The van der Waals surface area contributed by atoms with Gasteiger partial charge in [-0.25, -0.2) is 4.79 Å². The summed E-state index contributed by atoms with van der Waals surface area (Å²) in [5.74, 6) is -0.450. The normalized spacial score (nSPS) is 22.3. The van der Waals surface area contributed by atoms with E-state index in [-0.39, 0.29) is 17.2 Å². The Balaban J connectivity index is 2.37. The molecule has 20 heavy (non-hydrogen) atoms. The Hall–Kier alpha value is -0.760. The molecule has 0 saturated carbocycles. The summed E-state index contributed by atoms with van der Waals surface area (Å²) in [6, 6.07) is 6.54. The fourth-order valence-corrected chi connectivity index (χ4v) is 4.35. The van der Waals surface area contributed by atoms with E-state index < -0.39 is 12.0 Å². The topological polar surface area (TPSA) is 57.6 Å². The second-order valence-corrected chi connectivity index (χ2v) is 7.33. The fraction of sp³-hybridized carbons (Fsp3) is 0.429. The lowest BCUT2D eigenvalue weighted by molar-refractivity contribution is -0.141. The summed E-state index contributed by atoms with van der Waals surface area (Å²) in [7, 11) is 0. The first kappa shape index (κ1) is 15.6. The Morgan fingerprint density at radius 2 is 2.05 bits per heavy atom. The lowest BCUT2D eigenvalue weighted by Gasteiger charge is -2.30. The van der Waals surface area contributed by atoms with Gasteiger partial charge in [-0.05, 0) is 40.6 Å². The summed E-state index contributed by atoms with van der Waals surface area (Å²) >= 11 is 3.65. The number of hydrogen-bond donors (Lipinski definition) is 1. The van der Waals surface area contributed by atoms with E-state index >= 15 is 0 Å². The summed E-state index contributed by atoms with van der Waals surface area (Å²) in [5.41, 5.74) is 0.576. The highest BCUT2D eigenvalue weighted by Crippen LogP contribution is 2.35. The van der Waals surface area contributed by atoms with Gasteiger partial charge in [0.05, 0.1) is 10.9 Å². The molecule has 1 N–H and O–H groups in total. The van der Waals surface area contributed by atoms with E-state index in [0.717, 1.165) is 3.57 Å². The lowest BCUT2D eigenvalue weighted by atomic mass is 10.1. The molecule has 1 aromatic rings. The number of carbonyl (C=O) groups excluding carboxylic acids is 1. The summed E-state index contributed by atoms with van der Waals surface area (Å²) in [6.07, 6.45) is 0. The highest BCUT2D eigenvalue weighted by Gasteiger charge is 2.43. The van der Waals surface area contributed by atoms with Crippen molar-refractivity contribution in [2.75, 3.05) is 5.75 Å². The standard InChI is InChI=1S/C14H16INO3S/c1-8(2)13-16(11(7-20-13)14(18)19)12(17)9-5-3-4-6-10(9)15/h3-6,8,11,13H,7H2,1-2H3,(H,18,19). The molecular weight excluding hydrogens is 389 g/mol. The van der Waals surface area contributed by atoms with Gasteiger partial charge in [-0.1, -0.05) is 26.0 Å². The van der Waals surface area contributed by atoms with Crippen LogP contribution in [0.5, 0.6) is 0 Å². The van der Waals surface area contributed by atoms with Crippen LogP contribution in [0.2, 0.25) is 0 Å². The number of nitrogens with zero attached hydrogens (tertiary/aromatic N) is 1. The van der Waals surface area contributed by atoms with Crippen molar-refractivity contribution in [3.8, 4) is 0 Å². The van der Waals surface area contributed by atoms with Gasteiger partial charge in [0.1, 0.15) is 6.04 Å². The molecule has 0 aliphatic carbocycles. The van der Waals surface area contributed by atoms with Crippen molar-refractivity contribution in [1.29, 1.82) is 0 Å². The molecule has 1 heterocycles. The zero-order valence-electron chi connectivity index (χ0n) is 11.2. The number of thioether (sulfide) groups is 1. The van der Waals surface area contributed by atoms with Crippen LogP contribution in [0.15, 0.2) is 24.3 Å². The zero-order chi connectivity index (χ0) is 14.9. The molecule has 2 atom stereocenters. The van der Waals surface area contributed by atoms with Crippen LogP contribution in [0.4, 0.5) is 0 Å². The van der Waals surface area contributed by atoms with Crippen molar-refractivity contribution in [2.24, 2.45) is 5.92 Å². The van der Waals surface area contributed by atoms with Crippen LogP contribution >= 0.6 is 34.4 Å². The van der Waals surface area contributed by atoms with Crippen LogP contribution < -0.4 is 0 Å². The van der Waals surface area contributed by atoms with Gasteiger partial charge in [-0.2, -0.15) is 0 Å². The molecule has 0 bridgehead atoms. The molecule has 0 spiro atoms. The maximum absolute atomic E-state index is 12.7. The van der Waals surface area contributed by atoms with Gasteiger partial charge in [0.2, 0.25) is 0 Å². The Bertz CT molecular complexity index is 535. The van der Waals surface area contributed by atoms with Crippen LogP contribution in [0.25, 0.3) is 0 Å². The summed E-state index contributed by atoms with van der Waals surface area (Å²) in [6.45, 7) is 4.02. The van der Waals surface area contributed by atoms with Crippen LogP contribution in [-0.2, 0) is 4.79 Å². The Morgan fingerprint density at radius 3 is 2.60 bits per heavy atom. The molecule has 2 unspecified atom stereocenters. The van der Waals surface area contributed by atoms with E-state index in [2.05, 4.69) is 22.6 Å². The van der Waals surface area contributed by atoms with Crippen LogP contribution in [0.1, 0.15) is 24.2 Å². The second kappa shape index (κ2) is 6.34. The molecule has 1 aliphatic rings. The minimum atomic E-state index is -0.931. The Labute approximate surface area is 136 Å². The van der Waals surface area contributed by atoms with Gasteiger partial charge in [-0.15, -0.1) is 11.8 Å². The number of halogens is 1. The maximum Gasteiger partial charge on any atom is 0.327 e. The van der Waals surface area contributed by atoms with E-state index in [4.69, 9.17) is 0 Å². The molecule has 1 aromatic carbocycles. The average molecular weight is 405 g/mol. The first-order valence-electron chi connectivity index (χ1n) is 6.35. The number of hydrogen-bond acceptors (Lipinski definition) is 3. The SMILES string of the molecule is CC(C)C1SCC(C(=O)O)N1C(=O)c1ccccc1I. The summed E-state index contributed by atoms with van der Waals surface area (Å²) in [5, 5.41) is 9.26. The van der Waals surface area contributed by atoms with Gasteiger partial charge >= 0.3 is 5.97 Å². The van der Waals surface area contributed by atoms with E-state index in [1.54, 1.807) is 23.9 Å². The molecular formula is C14H16INO3S. The van der Waals surface area contributed by atoms with Crippen LogP contribution in [-0.4, -0.2) is 39.1 Å². The number of carboxylic acids is 1. The van der Waals surface area contributed by atoms with E-state index in [0.29, 0.717) is 11.3 Å². The van der Waals surface area contributed by atoms with Gasteiger partial charge in [0.25, 0.3) is 5.91 Å². The van der Waals surface area contributed by atoms with Crippen molar-refractivity contribution in [1.82, 2.24) is 4.90 Å². The Morgan fingerprint density at radius 1 is 1.40 bits per heavy atom. The molecule has 1 saturated heterocycles. The van der Waals surface area contributed by atoms with Gasteiger partial charge in [0, 0.05) is 9.32 Å². The minimum Gasteiger partial charge on any atom is -0.480 e. The predicted octanol–water partition coefficient (Wildman–Crippen LogP) is 2.92. The zero-order valence-corrected chi connectivity index (χ0v) is 14.2. The third kappa shape index (κ3) is 2.95.